The number of hydrogen-bond acceptors (Lipinski definition) is 6. The summed E-state index contributed by atoms with van der Waals surface area (Å²) in [6.45, 7) is 7.58. The minimum absolute atomic E-state index is 0.0194. The molecular formula is C25H28N4O6. The monoisotopic (exact) mass is 480 g/mol. The topological polar surface area (TPSA) is 135 Å². The van der Waals surface area contributed by atoms with E-state index in [2.05, 4.69) is 34.9 Å². The fraction of sp³-hybridized carbons (Fsp3) is 0.200. The van der Waals surface area contributed by atoms with Crippen molar-refractivity contribution in [1.29, 1.82) is 0 Å². The van der Waals surface area contributed by atoms with Gasteiger partial charge in [-0.1, -0.05) is 49.6 Å². The quantitative estimate of drug-likeness (QED) is 0.272. The first-order valence-corrected chi connectivity index (χ1v) is 10.8. The first-order chi connectivity index (χ1) is 17.0. The first-order valence-electron chi connectivity index (χ1n) is 10.8. The molecule has 0 spiro atoms. The van der Waals surface area contributed by atoms with E-state index in [1.165, 1.54) is 0 Å². The van der Waals surface area contributed by atoms with Crippen molar-refractivity contribution in [2.75, 3.05) is 13.2 Å². The number of carbonyl (C=O) groups excluding carboxylic acids is 4. The molecule has 35 heavy (non-hydrogen) atoms. The first kappa shape index (κ1) is 26.7. The Labute approximate surface area is 203 Å². The summed E-state index contributed by atoms with van der Waals surface area (Å²) >= 11 is 0. The molecule has 0 aliphatic heterocycles. The normalized spacial score (nSPS) is 9.83. The summed E-state index contributed by atoms with van der Waals surface area (Å²) in [4.78, 5) is 48.6. The smallest absolute Gasteiger partial charge is 0.273 e. The van der Waals surface area contributed by atoms with Gasteiger partial charge in [0, 0.05) is 12.8 Å². The molecule has 2 aromatic carbocycles. The molecular weight excluding hydrogens is 452 g/mol. The number of carbonyl (C=O) groups is 4. The minimum atomic E-state index is -0.546. The van der Waals surface area contributed by atoms with E-state index < -0.39 is 23.6 Å². The Morgan fingerprint density at radius 2 is 1.06 bits per heavy atom. The van der Waals surface area contributed by atoms with Gasteiger partial charge in [-0.2, -0.15) is 0 Å². The molecule has 10 heteroatoms. The van der Waals surface area contributed by atoms with Crippen LogP contribution in [-0.4, -0.2) is 36.8 Å². The molecule has 0 aliphatic rings. The maximum Gasteiger partial charge on any atom is 0.273 e. The van der Waals surface area contributed by atoms with Gasteiger partial charge in [0.05, 0.1) is 11.1 Å². The predicted octanol–water partition coefficient (Wildman–Crippen LogP) is 2.21. The summed E-state index contributed by atoms with van der Waals surface area (Å²) in [7, 11) is 0. The van der Waals surface area contributed by atoms with E-state index in [0.29, 0.717) is 11.5 Å². The van der Waals surface area contributed by atoms with Gasteiger partial charge in [-0.25, -0.2) is 0 Å². The molecule has 4 N–H and O–H groups in total. The van der Waals surface area contributed by atoms with E-state index in [1.807, 2.05) is 0 Å². The summed E-state index contributed by atoms with van der Waals surface area (Å²) in [6, 6.07) is 13.1. The summed E-state index contributed by atoms with van der Waals surface area (Å²) in [6.07, 6.45) is 3.26. The number of para-hydroxylation sites is 2. The van der Waals surface area contributed by atoms with Gasteiger partial charge in [0.2, 0.25) is 11.8 Å². The van der Waals surface area contributed by atoms with Crippen LogP contribution in [0.1, 0.15) is 40.0 Å². The lowest BCUT2D eigenvalue weighted by Gasteiger charge is -2.12. The number of amides is 4. The molecule has 0 unspecified atom stereocenters. The highest BCUT2D eigenvalue weighted by molar-refractivity contribution is 5.98. The molecule has 184 valence electrons. The zero-order valence-corrected chi connectivity index (χ0v) is 19.2. The number of benzene rings is 2. The van der Waals surface area contributed by atoms with Crippen LogP contribution < -0.4 is 31.2 Å². The second-order valence-corrected chi connectivity index (χ2v) is 7.05. The van der Waals surface area contributed by atoms with Gasteiger partial charge in [0.25, 0.3) is 11.8 Å². The van der Waals surface area contributed by atoms with E-state index in [4.69, 9.17) is 9.47 Å². The van der Waals surface area contributed by atoms with Crippen molar-refractivity contribution in [2.24, 2.45) is 0 Å². The van der Waals surface area contributed by atoms with Gasteiger partial charge < -0.3 is 9.47 Å². The number of nitrogens with one attached hydrogen (secondary N) is 4. The second-order valence-electron chi connectivity index (χ2n) is 7.05. The number of hydrogen-bond donors (Lipinski definition) is 4. The molecule has 0 aromatic heterocycles. The predicted molar refractivity (Wildman–Crippen MR) is 129 cm³/mol. The van der Waals surface area contributed by atoms with Gasteiger partial charge in [-0.3, -0.25) is 40.9 Å². The van der Waals surface area contributed by atoms with Crippen LogP contribution in [-0.2, 0) is 9.59 Å². The van der Waals surface area contributed by atoms with E-state index >= 15 is 0 Å². The molecule has 2 rings (SSSR count). The lowest BCUT2D eigenvalue weighted by Crippen LogP contribution is -2.42. The summed E-state index contributed by atoms with van der Waals surface area (Å²) in [5, 5.41) is 0. The van der Waals surface area contributed by atoms with Crippen molar-refractivity contribution in [3.63, 3.8) is 0 Å². The Morgan fingerprint density at radius 3 is 1.46 bits per heavy atom. The maximum atomic E-state index is 12.3. The molecule has 0 saturated heterocycles. The van der Waals surface area contributed by atoms with E-state index in [1.54, 1.807) is 60.7 Å². The zero-order chi connectivity index (χ0) is 25.5. The van der Waals surface area contributed by atoms with Crippen molar-refractivity contribution in [3.05, 3.63) is 85.0 Å². The fourth-order valence-corrected chi connectivity index (χ4v) is 2.78. The van der Waals surface area contributed by atoms with Crippen LogP contribution in [0.5, 0.6) is 11.5 Å². The number of ether oxygens (including phenoxy) is 2. The Morgan fingerprint density at radius 1 is 0.657 bits per heavy atom. The van der Waals surface area contributed by atoms with Crippen LogP contribution in [0.15, 0.2) is 73.8 Å². The second kappa shape index (κ2) is 14.5. The third-order valence-corrected chi connectivity index (χ3v) is 4.42. The maximum absolute atomic E-state index is 12.3. The van der Waals surface area contributed by atoms with Crippen LogP contribution in [0.2, 0.25) is 0 Å². The molecule has 0 fully saturated rings. The molecule has 10 nitrogen and oxygen atoms in total. The van der Waals surface area contributed by atoms with Gasteiger partial charge in [-0.05, 0) is 30.7 Å². The number of rotatable bonds is 12. The SMILES string of the molecule is C=CCOc1ccccc1C(=O)NNC(=O)CCCC(=O)NNC(=O)c1ccccc1OCC=C. The van der Waals surface area contributed by atoms with Gasteiger partial charge >= 0.3 is 0 Å². The molecule has 0 atom stereocenters. The molecule has 2 aromatic rings. The Kier molecular flexibility index (Phi) is 11.1. The molecule has 4 amide bonds. The van der Waals surface area contributed by atoms with Crippen LogP contribution in [0.4, 0.5) is 0 Å². The van der Waals surface area contributed by atoms with E-state index in [0.717, 1.165) is 0 Å². The zero-order valence-electron chi connectivity index (χ0n) is 19.2. The van der Waals surface area contributed by atoms with Crippen LogP contribution in [0, 0.1) is 0 Å². The Balaban J connectivity index is 1.71. The highest BCUT2D eigenvalue weighted by Gasteiger charge is 2.14. The van der Waals surface area contributed by atoms with Crippen molar-refractivity contribution in [2.45, 2.75) is 19.3 Å². The highest BCUT2D eigenvalue weighted by atomic mass is 16.5. The van der Waals surface area contributed by atoms with Gasteiger partial charge in [-0.15, -0.1) is 0 Å². The lowest BCUT2D eigenvalue weighted by atomic mass is 10.2. The lowest BCUT2D eigenvalue weighted by molar-refractivity contribution is -0.123. The standard InChI is InChI=1S/C25H28N4O6/c1-3-16-34-20-12-7-5-10-18(20)24(32)28-26-22(30)14-9-15-23(31)27-29-25(33)19-11-6-8-13-21(19)35-17-4-2/h3-8,10-13H,1-2,9,14-17H2,(H,26,30)(H,27,31)(H,28,32)(H,29,33). The summed E-state index contributed by atoms with van der Waals surface area (Å²) in [5.74, 6) is -1.34. The summed E-state index contributed by atoms with van der Waals surface area (Å²) in [5.41, 5.74) is 9.72. The third kappa shape index (κ3) is 9.04. The minimum Gasteiger partial charge on any atom is -0.489 e. The van der Waals surface area contributed by atoms with Crippen LogP contribution in [0.3, 0.4) is 0 Å². The van der Waals surface area contributed by atoms with Crippen molar-refractivity contribution in [1.82, 2.24) is 21.7 Å². The van der Waals surface area contributed by atoms with Crippen LogP contribution >= 0.6 is 0 Å². The van der Waals surface area contributed by atoms with Crippen molar-refractivity contribution < 1.29 is 28.7 Å². The number of hydrazine groups is 2. The molecule has 0 aliphatic carbocycles. The molecule has 0 bridgehead atoms. The van der Waals surface area contributed by atoms with E-state index in [9.17, 15) is 19.2 Å². The van der Waals surface area contributed by atoms with Gasteiger partial charge in [0.1, 0.15) is 24.7 Å². The van der Waals surface area contributed by atoms with Crippen LogP contribution in [0.25, 0.3) is 0 Å². The largest absolute Gasteiger partial charge is 0.489 e. The van der Waals surface area contributed by atoms with Crippen molar-refractivity contribution >= 4 is 23.6 Å². The highest BCUT2D eigenvalue weighted by Crippen LogP contribution is 2.18. The molecule has 0 saturated carbocycles. The average molecular weight is 481 g/mol. The van der Waals surface area contributed by atoms with E-state index in [-0.39, 0.29) is 43.6 Å². The van der Waals surface area contributed by atoms with Gasteiger partial charge in [0.15, 0.2) is 0 Å². The third-order valence-electron chi connectivity index (χ3n) is 4.42. The fourth-order valence-electron chi connectivity index (χ4n) is 2.78. The Bertz CT molecular complexity index is 986. The molecule has 0 heterocycles. The molecule has 0 radical (unpaired) electrons. The Hall–Kier alpha value is -4.60. The summed E-state index contributed by atoms with van der Waals surface area (Å²) < 4.78 is 10.8. The van der Waals surface area contributed by atoms with Crippen molar-refractivity contribution in [3.8, 4) is 11.5 Å². The average Bonchev–Trinajstić information content (AvgIpc) is 2.88.